The SMILES string of the molecule is N[N]C1=NCCN1. The first-order valence-electron chi connectivity index (χ1n) is 2.13. The number of aliphatic imine (C=N–C) groups is 1. The van der Waals surface area contributed by atoms with E-state index in [1.54, 1.807) is 0 Å². The van der Waals surface area contributed by atoms with E-state index in [1.807, 2.05) is 0 Å². The van der Waals surface area contributed by atoms with Crippen molar-refractivity contribution >= 4 is 5.96 Å². The predicted octanol–water partition coefficient (Wildman–Crippen LogP) is -1.58. The molecule has 0 amide bonds. The fourth-order valence-corrected chi connectivity index (χ4v) is 0.472. The first-order valence-corrected chi connectivity index (χ1v) is 2.13. The number of nitrogens with zero attached hydrogens (tertiary/aromatic N) is 2. The molecule has 0 saturated carbocycles. The number of rotatable bonds is 0. The van der Waals surface area contributed by atoms with Crippen molar-refractivity contribution in [2.75, 3.05) is 13.1 Å². The molecule has 0 bridgehead atoms. The summed E-state index contributed by atoms with van der Waals surface area (Å²) in [6.07, 6.45) is 0. The van der Waals surface area contributed by atoms with E-state index in [4.69, 9.17) is 5.84 Å². The predicted molar refractivity (Wildman–Crippen MR) is 26.6 cm³/mol. The topological polar surface area (TPSA) is 64.5 Å². The van der Waals surface area contributed by atoms with Gasteiger partial charge in [0.1, 0.15) is 0 Å². The Kier molecular flexibility index (Phi) is 1.12. The number of hydrogen-bond donors (Lipinski definition) is 2. The third-order valence-electron chi connectivity index (χ3n) is 0.779. The van der Waals surface area contributed by atoms with Crippen molar-refractivity contribution in [2.24, 2.45) is 10.8 Å². The van der Waals surface area contributed by atoms with Gasteiger partial charge in [0.15, 0.2) is 0 Å². The highest BCUT2D eigenvalue weighted by Gasteiger charge is 2.00. The largest absolute Gasteiger partial charge is 0.352 e. The molecule has 39 valence electrons. The van der Waals surface area contributed by atoms with E-state index in [1.165, 1.54) is 0 Å². The highest BCUT2D eigenvalue weighted by atomic mass is 15.3. The Morgan fingerprint density at radius 2 is 2.71 bits per heavy atom. The highest BCUT2D eigenvalue weighted by Crippen LogP contribution is 1.77. The van der Waals surface area contributed by atoms with E-state index in [0.29, 0.717) is 5.96 Å². The molecule has 7 heavy (non-hydrogen) atoms. The van der Waals surface area contributed by atoms with Gasteiger partial charge in [-0.2, -0.15) is 5.43 Å². The van der Waals surface area contributed by atoms with Crippen LogP contribution in [0.5, 0.6) is 0 Å². The molecule has 3 N–H and O–H groups in total. The van der Waals surface area contributed by atoms with Crippen LogP contribution in [-0.4, -0.2) is 19.0 Å². The summed E-state index contributed by atoms with van der Waals surface area (Å²) in [6.45, 7) is 1.67. The maximum absolute atomic E-state index is 4.87. The van der Waals surface area contributed by atoms with Gasteiger partial charge in [0.05, 0.1) is 6.54 Å². The van der Waals surface area contributed by atoms with Crippen LogP contribution in [0.4, 0.5) is 0 Å². The molecule has 0 spiro atoms. The Hall–Kier alpha value is -0.770. The molecule has 0 atom stereocenters. The zero-order valence-electron chi connectivity index (χ0n) is 3.89. The van der Waals surface area contributed by atoms with Crippen LogP contribution in [0.1, 0.15) is 0 Å². The molecule has 0 saturated heterocycles. The van der Waals surface area contributed by atoms with Crippen LogP contribution in [0.25, 0.3) is 0 Å². The quantitative estimate of drug-likeness (QED) is 0.284. The summed E-state index contributed by atoms with van der Waals surface area (Å²) in [5.41, 5.74) is 3.33. The first kappa shape index (κ1) is 4.39. The maximum atomic E-state index is 4.87. The van der Waals surface area contributed by atoms with E-state index in [2.05, 4.69) is 15.7 Å². The number of nitrogens with one attached hydrogen (secondary N) is 1. The maximum Gasteiger partial charge on any atom is 0.230 e. The van der Waals surface area contributed by atoms with Gasteiger partial charge in [-0.3, -0.25) is 0 Å². The summed E-state index contributed by atoms with van der Waals surface area (Å²) < 4.78 is 0. The fraction of sp³-hybridized carbons (Fsp3) is 0.667. The van der Waals surface area contributed by atoms with Gasteiger partial charge in [-0.05, 0) is 0 Å². The summed E-state index contributed by atoms with van der Waals surface area (Å²) >= 11 is 0. The molecule has 0 unspecified atom stereocenters. The van der Waals surface area contributed by atoms with Crippen LogP contribution in [0.3, 0.4) is 0 Å². The molecule has 1 aliphatic heterocycles. The second-order valence-corrected chi connectivity index (χ2v) is 1.26. The van der Waals surface area contributed by atoms with E-state index in [0.717, 1.165) is 13.1 Å². The smallest absolute Gasteiger partial charge is 0.230 e. The molecule has 1 rings (SSSR count). The molecule has 0 aliphatic carbocycles. The van der Waals surface area contributed by atoms with Gasteiger partial charge >= 0.3 is 0 Å². The average molecular weight is 99.1 g/mol. The van der Waals surface area contributed by atoms with Crippen LogP contribution in [0.2, 0.25) is 0 Å². The molecule has 0 aromatic heterocycles. The van der Waals surface area contributed by atoms with Crippen LogP contribution in [0.15, 0.2) is 4.99 Å². The zero-order chi connectivity index (χ0) is 5.11. The summed E-state index contributed by atoms with van der Waals surface area (Å²) in [5, 5.41) is 2.86. The van der Waals surface area contributed by atoms with Gasteiger partial charge in [-0.25, -0.2) is 10.8 Å². The Morgan fingerprint density at radius 3 is 3.00 bits per heavy atom. The van der Waals surface area contributed by atoms with E-state index >= 15 is 0 Å². The third kappa shape index (κ3) is 0.806. The van der Waals surface area contributed by atoms with E-state index in [-0.39, 0.29) is 0 Å². The Balaban J connectivity index is 2.36. The molecule has 1 aliphatic rings. The minimum absolute atomic E-state index is 0.569. The summed E-state index contributed by atoms with van der Waals surface area (Å²) in [4.78, 5) is 3.87. The minimum atomic E-state index is 0.569. The Morgan fingerprint density at radius 1 is 1.86 bits per heavy atom. The minimum Gasteiger partial charge on any atom is -0.352 e. The first-order chi connectivity index (χ1) is 3.43. The molecular weight excluding hydrogens is 92.1 g/mol. The third-order valence-corrected chi connectivity index (χ3v) is 0.779. The van der Waals surface area contributed by atoms with Crippen molar-refractivity contribution < 1.29 is 0 Å². The van der Waals surface area contributed by atoms with Gasteiger partial charge in [-0.15, -0.1) is 0 Å². The lowest BCUT2D eigenvalue weighted by Gasteiger charge is -1.91. The van der Waals surface area contributed by atoms with Crippen LogP contribution < -0.4 is 16.6 Å². The van der Waals surface area contributed by atoms with Gasteiger partial charge in [0, 0.05) is 6.54 Å². The molecule has 1 heterocycles. The van der Waals surface area contributed by atoms with Crippen molar-refractivity contribution in [3.05, 3.63) is 0 Å². The molecule has 0 fully saturated rings. The fourth-order valence-electron chi connectivity index (χ4n) is 0.472. The Bertz CT molecular complexity index is 86.9. The highest BCUT2D eigenvalue weighted by molar-refractivity contribution is 5.80. The molecule has 4 nitrogen and oxygen atoms in total. The van der Waals surface area contributed by atoms with Crippen LogP contribution >= 0.6 is 0 Å². The van der Waals surface area contributed by atoms with Crippen molar-refractivity contribution in [2.45, 2.75) is 0 Å². The monoisotopic (exact) mass is 99.1 g/mol. The van der Waals surface area contributed by atoms with Crippen molar-refractivity contribution in [3.63, 3.8) is 0 Å². The van der Waals surface area contributed by atoms with Gasteiger partial charge < -0.3 is 5.32 Å². The normalized spacial score (nSPS) is 18.1. The zero-order valence-corrected chi connectivity index (χ0v) is 3.89. The second kappa shape index (κ2) is 1.79. The van der Waals surface area contributed by atoms with E-state index < -0.39 is 0 Å². The summed E-state index contributed by atoms with van der Waals surface area (Å²) in [5.74, 6) is 5.43. The molecule has 0 aromatic rings. The summed E-state index contributed by atoms with van der Waals surface area (Å²) in [7, 11) is 0. The lowest BCUT2D eigenvalue weighted by molar-refractivity contribution is 0.908. The second-order valence-electron chi connectivity index (χ2n) is 1.26. The molecule has 0 aromatic carbocycles. The lowest BCUT2D eigenvalue weighted by atomic mass is 10.7. The van der Waals surface area contributed by atoms with Gasteiger partial charge in [0.2, 0.25) is 5.96 Å². The molecule has 4 heteroatoms. The number of nitrogens with two attached hydrogens (primary N) is 1. The van der Waals surface area contributed by atoms with Crippen molar-refractivity contribution in [1.29, 1.82) is 0 Å². The molecule has 1 radical (unpaired) electrons. The summed E-state index contributed by atoms with van der Waals surface area (Å²) in [6, 6.07) is 0. The number of guanidine groups is 1. The standard InChI is InChI=1S/C3H7N4/c4-7-3-5-1-2-6-3/h1-2,4H2,(H,5,6). The van der Waals surface area contributed by atoms with Crippen LogP contribution in [0, 0.1) is 0 Å². The van der Waals surface area contributed by atoms with Gasteiger partial charge in [-0.1, -0.05) is 0 Å². The van der Waals surface area contributed by atoms with Gasteiger partial charge in [0.25, 0.3) is 0 Å². The van der Waals surface area contributed by atoms with Crippen molar-refractivity contribution in [1.82, 2.24) is 10.7 Å². The number of hydrogen-bond acceptors (Lipinski definition) is 3. The van der Waals surface area contributed by atoms with Crippen LogP contribution in [-0.2, 0) is 0 Å². The lowest BCUT2D eigenvalue weighted by Crippen LogP contribution is -2.32. The molecular formula is C3H7N4. The van der Waals surface area contributed by atoms with E-state index in [9.17, 15) is 0 Å². The van der Waals surface area contributed by atoms with Crippen molar-refractivity contribution in [3.8, 4) is 0 Å². The Labute approximate surface area is 41.8 Å². The average Bonchev–Trinajstić information content (AvgIpc) is 2.14.